The van der Waals surface area contributed by atoms with Crippen LogP contribution in [0.4, 0.5) is 0 Å². The zero-order chi connectivity index (χ0) is 12.1. The van der Waals surface area contributed by atoms with Gasteiger partial charge in [-0.05, 0) is 29.7 Å². The van der Waals surface area contributed by atoms with E-state index in [1.165, 1.54) is 5.56 Å². The van der Waals surface area contributed by atoms with E-state index in [4.69, 9.17) is 4.84 Å². The topological polar surface area (TPSA) is 34.1 Å². The van der Waals surface area contributed by atoms with Gasteiger partial charge in [0.25, 0.3) is 0 Å². The molecule has 0 radical (unpaired) electrons. The van der Waals surface area contributed by atoms with Gasteiger partial charge in [0.2, 0.25) is 0 Å². The highest BCUT2D eigenvalue weighted by atomic mass is 16.6. The maximum absolute atomic E-state index is 5.35. The van der Waals surface area contributed by atoms with E-state index in [-0.39, 0.29) is 0 Å². The predicted octanol–water partition coefficient (Wildman–Crippen LogP) is 2.91. The quantitative estimate of drug-likeness (QED) is 0.633. The van der Waals surface area contributed by atoms with E-state index >= 15 is 0 Å². The van der Waals surface area contributed by atoms with E-state index in [2.05, 4.69) is 42.5 Å². The van der Waals surface area contributed by atoms with Gasteiger partial charge in [0.15, 0.2) is 0 Å². The number of hydroxylamine groups is 1. The first-order chi connectivity index (χ1) is 8.25. The third kappa shape index (κ3) is 3.51. The molecule has 90 valence electrons. The molecule has 0 spiro atoms. The van der Waals surface area contributed by atoms with Gasteiger partial charge in [0.1, 0.15) is 0 Å². The SMILES string of the molecule is CC(C)CONCc1ccc2ncccc2c1. The van der Waals surface area contributed by atoms with Crippen molar-refractivity contribution in [2.45, 2.75) is 20.4 Å². The van der Waals surface area contributed by atoms with Crippen LogP contribution in [0.5, 0.6) is 0 Å². The van der Waals surface area contributed by atoms with Gasteiger partial charge in [-0.15, -0.1) is 0 Å². The predicted molar refractivity (Wildman–Crippen MR) is 69.4 cm³/mol. The zero-order valence-electron chi connectivity index (χ0n) is 10.3. The summed E-state index contributed by atoms with van der Waals surface area (Å²) in [5, 5.41) is 1.16. The van der Waals surface area contributed by atoms with E-state index < -0.39 is 0 Å². The number of nitrogens with zero attached hydrogens (tertiary/aromatic N) is 1. The third-order valence-corrected chi connectivity index (χ3v) is 2.46. The number of nitrogens with one attached hydrogen (secondary N) is 1. The third-order valence-electron chi connectivity index (χ3n) is 2.46. The highest BCUT2D eigenvalue weighted by Gasteiger charge is 1.98. The standard InChI is InChI=1S/C14H18N2O/c1-11(2)10-17-16-9-12-5-6-14-13(8-12)4-3-7-15-14/h3-8,11,16H,9-10H2,1-2H3. The van der Waals surface area contributed by atoms with Crippen molar-refractivity contribution in [3.63, 3.8) is 0 Å². The van der Waals surface area contributed by atoms with E-state index in [9.17, 15) is 0 Å². The van der Waals surface area contributed by atoms with Crippen molar-refractivity contribution < 1.29 is 4.84 Å². The largest absolute Gasteiger partial charge is 0.301 e. The molecule has 1 aromatic heterocycles. The number of hydrogen-bond donors (Lipinski definition) is 1. The van der Waals surface area contributed by atoms with Gasteiger partial charge in [0.05, 0.1) is 12.1 Å². The Kier molecular flexibility index (Phi) is 4.07. The van der Waals surface area contributed by atoms with Crippen LogP contribution in [0.3, 0.4) is 0 Å². The Bertz CT molecular complexity index is 482. The number of fused-ring (bicyclic) bond motifs is 1. The van der Waals surface area contributed by atoms with Crippen LogP contribution < -0.4 is 5.48 Å². The van der Waals surface area contributed by atoms with E-state index in [0.717, 1.165) is 24.1 Å². The lowest BCUT2D eigenvalue weighted by Crippen LogP contribution is -2.17. The lowest BCUT2D eigenvalue weighted by molar-refractivity contribution is 0.0196. The van der Waals surface area contributed by atoms with Crippen LogP contribution >= 0.6 is 0 Å². The fraction of sp³-hybridized carbons (Fsp3) is 0.357. The Morgan fingerprint density at radius 3 is 3.00 bits per heavy atom. The molecule has 1 aromatic carbocycles. The summed E-state index contributed by atoms with van der Waals surface area (Å²) >= 11 is 0. The fourth-order valence-corrected chi connectivity index (χ4v) is 1.59. The minimum absolute atomic E-state index is 0.545. The molecule has 0 saturated heterocycles. The molecule has 0 aliphatic heterocycles. The highest BCUT2D eigenvalue weighted by molar-refractivity contribution is 5.78. The van der Waals surface area contributed by atoms with Crippen LogP contribution in [-0.2, 0) is 11.4 Å². The van der Waals surface area contributed by atoms with E-state index in [1.54, 1.807) is 0 Å². The maximum atomic E-state index is 5.35. The molecule has 1 heterocycles. The molecule has 3 heteroatoms. The zero-order valence-corrected chi connectivity index (χ0v) is 10.3. The molecule has 2 rings (SSSR count). The Labute approximate surface area is 102 Å². The Morgan fingerprint density at radius 1 is 1.29 bits per heavy atom. The Balaban J connectivity index is 1.95. The molecule has 0 saturated carbocycles. The molecule has 3 nitrogen and oxygen atoms in total. The van der Waals surface area contributed by atoms with Crippen molar-refractivity contribution in [1.82, 2.24) is 10.5 Å². The number of aromatic nitrogens is 1. The van der Waals surface area contributed by atoms with Crippen LogP contribution in [0.1, 0.15) is 19.4 Å². The van der Waals surface area contributed by atoms with Gasteiger partial charge in [-0.3, -0.25) is 4.98 Å². The molecule has 2 aromatic rings. The van der Waals surface area contributed by atoms with Crippen molar-refractivity contribution in [1.29, 1.82) is 0 Å². The first kappa shape index (κ1) is 12.0. The van der Waals surface area contributed by atoms with Crippen LogP contribution in [0.25, 0.3) is 10.9 Å². The summed E-state index contributed by atoms with van der Waals surface area (Å²) in [6.07, 6.45) is 1.81. The van der Waals surface area contributed by atoms with Crippen LogP contribution in [0.15, 0.2) is 36.5 Å². The summed E-state index contributed by atoms with van der Waals surface area (Å²) < 4.78 is 0. The number of rotatable bonds is 5. The lowest BCUT2D eigenvalue weighted by Gasteiger charge is -2.08. The van der Waals surface area contributed by atoms with Crippen molar-refractivity contribution in [2.75, 3.05) is 6.61 Å². The molecule has 0 amide bonds. The highest BCUT2D eigenvalue weighted by Crippen LogP contribution is 2.13. The normalized spacial score (nSPS) is 11.2. The molecular formula is C14H18N2O. The van der Waals surface area contributed by atoms with Crippen molar-refractivity contribution in [2.24, 2.45) is 5.92 Å². The van der Waals surface area contributed by atoms with E-state index in [1.807, 2.05) is 18.3 Å². The molecular weight excluding hydrogens is 212 g/mol. The molecule has 0 unspecified atom stereocenters. The Hall–Kier alpha value is -1.45. The smallest absolute Gasteiger partial charge is 0.0705 e. The van der Waals surface area contributed by atoms with Crippen LogP contribution in [0, 0.1) is 5.92 Å². The first-order valence-corrected chi connectivity index (χ1v) is 5.94. The molecule has 0 bridgehead atoms. The average Bonchev–Trinajstić information content (AvgIpc) is 2.34. The van der Waals surface area contributed by atoms with Gasteiger partial charge < -0.3 is 4.84 Å². The van der Waals surface area contributed by atoms with Crippen LogP contribution in [-0.4, -0.2) is 11.6 Å². The number of benzene rings is 1. The molecule has 0 aliphatic rings. The summed E-state index contributed by atoms with van der Waals surface area (Å²) in [6, 6.07) is 10.3. The molecule has 0 atom stereocenters. The van der Waals surface area contributed by atoms with Gasteiger partial charge in [-0.2, -0.15) is 5.48 Å². The minimum Gasteiger partial charge on any atom is -0.301 e. The molecule has 17 heavy (non-hydrogen) atoms. The van der Waals surface area contributed by atoms with Gasteiger partial charge in [-0.1, -0.05) is 26.0 Å². The summed E-state index contributed by atoms with van der Waals surface area (Å²) in [5.74, 6) is 0.545. The maximum Gasteiger partial charge on any atom is 0.0705 e. The van der Waals surface area contributed by atoms with Gasteiger partial charge in [-0.25, -0.2) is 0 Å². The van der Waals surface area contributed by atoms with E-state index in [0.29, 0.717) is 5.92 Å². The van der Waals surface area contributed by atoms with Crippen molar-refractivity contribution in [3.05, 3.63) is 42.1 Å². The molecule has 0 aliphatic carbocycles. The lowest BCUT2D eigenvalue weighted by atomic mass is 10.1. The van der Waals surface area contributed by atoms with Crippen molar-refractivity contribution in [3.8, 4) is 0 Å². The fourth-order valence-electron chi connectivity index (χ4n) is 1.59. The number of hydrogen-bond acceptors (Lipinski definition) is 3. The van der Waals surface area contributed by atoms with Gasteiger partial charge in [0, 0.05) is 18.1 Å². The minimum atomic E-state index is 0.545. The number of pyridine rings is 1. The first-order valence-electron chi connectivity index (χ1n) is 5.94. The molecule has 1 N–H and O–H groups in total. The second kappa shape index (κ2) is 5.75. The van der Waals surface area contributed by atoms with Gasteiger partial charge >= 0.3 is 0 Å². The van der Waals surface area contributed by atoms with Crippen molar-refractivity contribution >= 4 is 10.9 Å². The average molecular weight is 230 g/mol. The monoisotopic (exact) mass is 230 g/mol. The summed E-state index contributed by atoms with van der Waals surface area (Å²) in [7, 11) is 0. The second-order valence-electron chi connectivity index (χ2n) is 4.56. The molecule has 0 fully saturated rings. The summed E-state index contributed by atoms with van der Waals surface area (Å²) in [6.45, 7) is 5.71. The summed E-state index contributed by atoms with van der Waals surface area (Å²) in [4.78, 5) is 9.64. The summed E-state index contributed by atoms with van der Waals surface area (Å²) in [5.41, 5.74) is 5.21. The Morgan fingerprint density at radius 2 is 2.18 bits per heavy atom. The second-order valence-corrected chi connectivity index (χ2v) is 4.56. The van der Waals surface area contributed by atoms with Crippen LogP contribution in [0.2, 0.25) is 0 Å².